The molecule has 0 aliphatic rings. The van der Waals surface area contributed by atoms with Crippen LogP contribution in [0.5, 0.6) is 0 Å². The molecule has 0 radical (unpaired) electrons. The van der Waals surface area contributed by atoms with Gasteiger partial charge >= 0.3 is 0 Å². The molecule has 0 saturated carbocycles. The molecular weight excluding hydrogens is 423 g/mol. The van der Waals surface area contributed by atoms with Gasteiger partial charge in [-0.15, -0.1) is 11.3 Å². The Labute approximate surface area is 174 Å². The summed E-state index contributed by atoms with van der Waals surface area (Å²) in [5.74, 6) is 0.634. The summed E-state index contributed by atoms with van der Waals surface area (Å²) in [4.78, 5) is 20.3. The van der Waals surface area contributed by atoms with E-state index in [1.165, 1.54) is 22.7 Å². The van der Waals surface area contributed by atoms with Crippen molar-refractivity contribution in [2.24, 2.45) is 0 Å². The summed E-state index contributed by atoms with van der Waals surface area (Å²) in [6, 6.07) is 11.1. The smallest absolute Gasteiger partial charge is 0.234 e. The number of fused-ring (bicyclic) bond motifs is 1. The maximum absolute atomic E-state index is 13.1. The number of halogens is 2. The number of hydrogen-bond acceptors (Lipinski definition) is 5. The van der Waals surface area contributed by atoms with Crippen LogP contribution in [0.25, 0.3) is 10.2 Å². The Morgan fingerprint density at radius 3 is 2.74 bits per heavy atom. The molecular formula is C19H14Cl2N2O2S2. The molecule has 4 rings (SSSR count). The van der Waals surface area contributed by atoms with Gasteiger partial charge in [-0.1, -0.05) is 34.5 Å². The van der Waals surface area contributed by atoms with E-state index in [1.54, 1.807) is 23.3 Å². The highest BCUT2D eigenvalue weighted by Gasteiger charge is 2.23. The van der Waals surface area contributed by atoms with Crippen LogP contribution in [0.4, 0.5) is 5.13 Å². The van der Waals surface area contributed by atoms with Crippen molar-refractivity contribution < 1.29 is 9.21 Å². The van der Waals surface area contributed by atoms with Gasteiger partial charge in [0, 0.05) is 9.90 Å². The zero-order valence-electron chi connectivity index (χ0n) is 14.2. The lowest BCUT2D eigenvalue weighted by atomic mass is 10.2. The third-order valence-electron chi connectivity index (χ3n) is 4.12. The molecule has 4 nitrogen and oxygen atoms in total. The van der Waals surface area contributed by atoms with E-state index in [9.17, 15) is 4.79 Å². The normalized spacial score (nSPS) is 11.2. The molecule has 138 valence electrons. The summed E-state index contributed by atoms with van der Waals surface area (Å²) in [5, 5.41) is 1.29. The zero-order valence-corrected chi connectivity index (χ0v) is 17.4. The van der Waals surface area contributed by atoms with Crippen LogP contribution in [0.2, 0.25) is 9.36 Å². The molecule has 1 aromatic carbocycles. The molecule has 27 heavy (non-hydrogen) atoms. The quantitative estimate of drug-likeness (QED) is 0.366. The van der Waals surface area contributed by atoms with Gasteiger partial charge in [0.1, 0.15) is 5.76 Å². The van der Waals surface area contributed by atoms with Gasteiger partial charge in [-0.05, 0) is 48.9 Å². The zero-order chi connectivity index (χ0) is 19.0. The van der Waals surface area contributed by atoms with Gasteiger partial charge in [-0.2, -0.15) is 0 Å². The van der Waals surface area contributed by atoms with E-state index in [1.807, 2.05) is 31.2 Å². The van der Waals surface area contributed by atoms with Crippen LogP contribution in [0, 0.1) is 6.92 Å². The van der Waals surface area contributed by atoms with Gasteiger partial charge in [0.2, 0.25) is 5.91 Å². The monoisotopic (exact) mass is 436 g/mol. The number of rotatable bonds is 5. The first-order chi connectivity index (χ1) is 13.0. The molecule has 4 aromatic rings. The molecule has 0 aliphatic carbocycles. The number of furan rings is 1. The van der Waals surface area contributed by atoms with Gasteiger partial charge in [-0.3, -0.25) is 9.69 Å². The second-order valence-corrected chi connectivity index (χ2v) is 9.17. The van der Waals surface area contributed by atoms with Crippen molar-refractivity contribution >= 4 is 67.1 Å². The van der Waals surface area contributed by atoms with Crippen molar-refractivity contribution in [3.63, 3.8) is 0 Å². The van der Waals surface area contributed by atoms with Crippen LogP contribution in [-0.2, 0) is 17.8 Å². The number of anilines is 1. The van der Waals surface area contributed by atoms with E-state index in [4.69, 9.17) is 32.6 Å². The lowest BCUT2D eigenvalue weighted by molar-refractivity contribution is -0.118. The van der Waals surface area contributed by atoms with Crippen molar-refractivity contribution in [1.29, 1.82) is 0 Å². The number of thiazole rings is 1. The Kier molecular flexibility index (Phi) is 5.23. The minimum atomic E-state index is -0.0623. The Balaban J connectivity index is 1.71. The lowest BCUT2D eigenvalue weighted by Crippen LogP contribution is -2.31. The fourth-order valence-corrected chi connectivity index (χ4v) is 4.99. The summed E-state index contributed by atoms with van der Waals surface area (Å²) in [7, 11) is 0. The van der Waals surface area contributed by atoms with E-state index in [-0.39, 0.29) is 12.3 Å². The predicted molar refractivity (Wildman–Crippen MR) is 112 cm³/mol. The third-order valence-corrected chi connectivity index (χ3v) is 6.80. The molecule has 0 spiro atoms. The fraction of sp³-hybridized carbons (Fsp3) is 0.158. The van der Waals surface area contributed by atoms with Crippen LogP contribution >= 0.6 is 45.9 Å². The first-order valence-corrected chi connectivity index (χ1v) is 10.5. The summed E-state index contributed by atoms with van der Waals surface area (Å²) in [6.45, 7) is 2.25. The second-order valence-electron chi connectivity index (χ2n) is 5.96. The van der Waals surface area contributed by atoms with E-state index in [2.05, 4.69) is 0 Å². The number of thiophene rings is 1. The number of carbonyl (C=O) groups excluding carboxylic acids is 1. The molecule has 0 fully saturated rings. The SMILES string of the molecule is Cc1c(Cl)ccc2sc(N(Cc3ccco3)C(=O)Cc3ccc(Cl)s3)nc12. The summed E-state index contributed by atoms with van der Waals surface area (Å²) in [5.41, 5.74) is 1.73. The van der Waals surface area contributed by atoms with Crippen LogP contribution < -0.4 is 4.90 Å². The molecule has 3 heterocycles. The molecule has 0 aliphatic heterocycles. The van der Waals surface area contributed by atoms with Gasteiger partial charge < -0.3 is 4.42 Å². The minimum Gasteiger partial charge on any atom is -0.467 e. The van der Waals surface area contributed by atoms with E-state index in [0.29, 0.717) is 26.8 Å². The Hall–Kier alpha value is -1.86. The number of amides is 1. The van der Waals surface area contributed by atoms with Crippen molar-refractivity contribution in [2.45, 2.75) is 19.9 Å². The van der Waals surface area contributed by atoms with Crippen molar-refractivity contribution in [3.8, 4) is 0 Å². The average molecular weight is 437 g/mol. The van der Waals surface area contributed by atoms with Gasteiger partial charge in [0.05, 0.1) is 33.8 Å². The predicted octanol–water partition coefficient (Wildman–Crippen LogP) is 6.34. The second kappa shape index (κ2) is 7.64. The van der Waals surface area contributed by atoms with E-state index in [0.717, 1.165) is 20.7 Å². The molecule has 1 amide bonds. The molecule has 0 atom stereocenters. The first kappa shape index (κ1) is 18.5. The standard InChI is InChI=1S/C19H14Cl2N2O2S2/c1-11-14(20)5-6-15-18(11)22-19(27-15)23(10-12-3-2-8-25-12)17(24)9-13-4-7-16(21)26-13/h2-8H,9-10H2,1H3. The van der Waals surface area contributed by atoms with Crippen molar-refractivity contribution in [2.75, 3.05) is 4.90 Å². The molecule has 0 N–H and O–H groups in total. The molecule has 3 aromatic heterocycles. The number of aromatic nitrogens is 1. The maximum atomic E-state index is 13.1. The van der Waals surface area contributed by atoms with Crippen LogP contribution in [0.3, 0.4) is 0 Å². The Morgan fingerprint density at radius 2 is 2.04 bits per heavy atom. The number of carbonyl (C=O) groups is 1. The van der Waals surface area contributed by atoms with Crippen LogP contribution in [0.1, 0.15) is 16.2 Å². The molecule has 8 heteroatoms. The Morgan fingerprint density at radius 1 is 1.19 bits per heavy atom. The van der Waals surface area contributed by atoms with Gasteiger partial charge in [0.25, 0.3) is 0 Å². The summed E-state index contributed by atoms with van der Waals surface area (Å²) >= 11 is 15.1. The topological polar surface area (TPSA) is 46.3 Å². The largest absolute Gasteiger partial charge is 0.467 e. The fourth-order valence-electron chi connectivity index (χ4n) is 2.72. The van der Waals surface area contributed by atoms with Crippen LogP contribution in [0.15, 0.2) is 47.1 Å². The van der Waals surface area contributed by atoms with Gasteiger partial charge in [0.15, 0.2) is 5.13 Å². The van der Waals surface area contributed by atoms with Crippen molar-refractivity contribution in [1.82, 2.24) is 4.98 Å². The molecule has 0 saturated heterocycles. The maximum Gasteiger partial charge on any atom is 0.234 e. The highest BCUT2D eigenvalue weighted by Crippen LogP contribution is 2.34. The highest BCUT2D eigenvalue weighted by molar-refractivity contribution is 7.22. The average Bonchev–Trinajstić information content (AvgIpc) is 3.37. The van der Waals surface area contributed by atoms with Crippen molar-refractivity contribution in [3.05, 3.63) is 68.2 Å². The Bertz CT molecular complexity index is 1100. The number of hydrogen-bond donors (Lipinski definition) is 0. The van der Waals surface area contributed by atoms with E-state index >= 15 is 0 Å². The summed E-state index contributed by atoms with van der Waals surface area (Å²) < 4.78 is 7.11. The minimum absolute atomic E-state index is 0.0623. The third kappa shape index (κ3) is 3.89. The van der Waals surface area contributed by atoms with Gasteiger partial charge in [-0.25, -0.2) is 4.98 Å². The molecule has 0 bridgehead atoms. The summed E-state index contributed by atoms with van der Waals surface area (Å²) in [6.07, 6.45) is 1.85. The van der Waals surface area contributed by atoms with E-state index < -0.39 is 0 Å². The molecule has 0 unspecified atom stereocenters. The van der Waals surface area contributed by atoms with Crippen LogP contribution in [-0.4, -0.2) is 10.9 Å². The number of aryl methyl sites for hydroxylation is 1. The lowest BCUT2D eigenvalue weighted by Gasteiger charge is -2.18. The highest BCUT2D eigenvalue weighted by atomic mass is 35.5. The first-order valence-electron chi connectivity index (χ1n) is 8.14. The number of nitrogens with zero attached hydrogens (tertiary/aromatic N) is 2. The number of benzene rings is 1.